The zero-order valence-electron chi connectivity index (χ0n) is 16.1. The third-order valence-electron chi connectivity index (χ3n) is 5.14. The van der Waals surface area contributed by atoms with Gasteiger partial charge in [-0.25, -0.2) is 8.42 Å². The molecule has 1 atom stereocenters. The molecule has 1 aromatic carbocycles. The Balaban J connectivity index is 1.70. The van der Waals surface area contributed by atoms with E-state index in [1.54, 1.807) is 19.1 Å². The van der Waals surface area contributed by atoms with Crippen molar-refractivity contribution in [3.05, 3.63) is 23.8 Å². The maximum Gasteiger partial charge on any atom is 0.309 e. The lowest BCUT2D eigenvalue weighted by Gasteiger charge is -2.27. The molecule has 0 aromatic heterocycles. The highest BCUT2D eigenvalue weighted by Gasteiger charge is 2.30. The van der Waals surface area contributed by atoms with E-state index < -0.39 is 22.0 Å². The van der Waals surface area contributed by atoms with Crippen molar-refractivity contribution >= 4 is 27.6 Å². The third-order valence-corrected chi connectivity index (χ3v) is 7.18. The summed E-state index contributed by atoms with van der Waals surface area (Å²) in [6.07, 6.45) is 1.65. The number of anilines is 1. The molecule has 8 nitrogen and oxygen atoms in total. The molecule has 3 rings (SSSR count). The Hall–Kier alpha value is -1.97. The smallest absolute Gasteiger partial charge is 0.309 e. The van der Waals surface area contributed by atoms with Crippen LogP contribution in [0.25, 0.3) is 0 Å². The second-order valence-electron chi connectivity index (χ2n) is 7.19. The van der Waals surface area contributed by atoms with E-state index in [1.807, 2.05) is 0 Å². The number of morpholine rings is 1. The average Bonchev–Trinajstić information content (AvgIpc) is 2.62. The number of benzene rings is 1. The summed E-state index contributed by atoms with van der Waals surface area (Å²) in [7, 11) is -3.68. The van der Waals surface area contributed by atoms with Gasteiger partial charge in [0, 0.05) is 18.8 Å². The van der Waals surface area contributed by atoms with Gasteiger partial charge < -0.3 is 14.8 Å². The standard InChI is InChI=1S/C19H26N2O6S/c1-13-6-7-16(12-17(13)28(24,25)21-8-10-26-11-9-21)20-18(22)14(2)27-19(23)15-4-3-5-15/h6-7,12,14-15H,3-5,8-11H2,1-2H3,(H,20,22)/t14-/m1/s1. The third kappa shape index (κ3) is 4.53. The van der Waals surface area contributed by atoms with E-state index in [0.717, 1.165) is 19.3 Å². The quantitative estimate of drug-likeness (QED) is 0.716. The second kappa shape index (κ2) is 8.59. The van der Waals surface area contributed by atoms with Gasteiger partial charge in [0.2, 0.25) is 10.0 Å². The predicted octanol–water partition coefficient (Wildman–Crippen LogP) is 1.69. The zero-order chi connectivity index (χ0) is 20.3. The van der Waals surface area contributed by atoms with Gasteiger partial charge in [-0.3, -0.25) is 9.59 Å². The number of sulfonamides is 1. The van der Waals surface area contributed by atoms with Gasteiger partial charge in [0.1, 0.15) is 0 Å². The molecule has 1 saturated carbocycles. The van der Waals surface area contributed by atoms with Crippen LogP contribution in [0.2, 0.25) is 0 Å². The van der Waals surface area contributed by atoms with Gasteiger partial charge >= 0.3 is 5.97 Å². The summed E-state index contributed by atoms with van der Waals surface area (Å²) in [5.41, 5.74) is 0.933. The molecule has 0 spiro atoms. The van der Waals surface area contributed by atoms with Crippen LogP contribution in [0.15, 0.2) is 23.1 Å². The van der Waals surface area contributed by atoms with Crippen molar-refractivity contribution in [2.45, 2.75) is 44.1 Å². The Kier molecular flexibility index (Phi) is 6.36. The van der Waals surface area contributed by atoms with E-state index >= 15 is 0 Å². The van der Waals surface area contributed by atoms with Gasteiger partial charge in [0.05, 0.1) is 24.0 Å². The summed E-state index contributed by atoms with van der Waals surface area (Å²) in [6.45, 7) is 4.53. The van der Waals surface area contributed by atoms with E-state index in [1.165, 1.54) is 17.3 Å². The van der Waals surface area contributed by atoms with Crippen LogP contribution < -0.4 is 5.32 Å². The Bertz CT molecular complexity index is 844. The van der Waals surface area contributed by atoms with Gasteiger partial charge in [0.25, 0.3) is 5.91 Å². The lowest BCUT2D eigenvalue weighted by molar-refractivity contribution is -0.159. The van der Waals surface area contributed by atoms with Crippen LogP contribution in [-0.2, 0) is 29.1 Å². The van der Waals surface area contributed by atoms with Crippen LogP contribution in [0, 0.1) is 12.8 Å². The molecule has 1 heterocycles. The van der Waals surface area contributed by atoms with Crippen LogP contribution >= 0.6 is 0 Å². The number of nitrogens with one attached hydrogen (secondary N) is 1. The number of hydrogen-bond donors (Lipinski definition) is 1. The van der Waals surface area contributed by atoms with Crippen LogP contribution in [0.4, 0.5) is 5.69 Å². The molecule has 1 saturated heterocycles. The molecule has 1 aromatic rings. The normalized spacial score (nSPS) is 19.5. The minimum atomic E-state index is -3.68. The Morgan fingerprint density at radius 1 is 1.25 bits per heavy atom. The molecular formula is C19H26N2O6S. The summed E-state index contributed by atoms with van der Waals surface area (Å²) >= 11 is 0. The maximum absolute atomic E-state index is 12.9. The first-order valence-electron chi connectivity index (χ1n) is 9.49. The van der Waals surface area contributed by atoms with Crippen molar-refractivity contribution in [3.8, 4) is 0 Å². The van der Waals surface area contributed by atoms with E-state index in [2.05, 4.69) is 5.32 Å². The van der Waals surface area contributed by atoms with Crippen molar-refractivity contribution in [2.75, 3.05) is 31.6 Å². The molecule has 0 unspecified atom stereocenters. The van der Waals surface area contributed by atoms with Gasteiger partial charge in [-0.05, 0) is 44.4 Å². The molecule has 154 valence electrons. The summed E-state index contributed by atoms with van der Waals surface area (Å²) in [6, 6.07) is 4.72. The van der Waals surface area contributed by atoms with Crippen molar-refractivity contribution in [1.29, 1.82) is 0 Å². The number of amides is 1. The number of ether oxygens (including phenoxy) is 2. The highest BCUT2D eigenvalue weighted by atomic mass is 32.2. The fourth-order valence-corrected chi connectivity index (χ4v) is 4.75. The predicted molar refractivity (Wildman–Crippen MR) is 102 cm³/mol. The van der Waals surface area contributed by atoms with Gasteiger partial charge in [-0.2, -0.15) is 4.31 Å². The number of carbonyl (C=O) groups is 2. The maximum atomic E-state index is 12.9. The van der Waals surface area contributed by atoms with Gasteiger partial charge in [-0.1, -0.05) is 12.5 Å². The van der Waals surface area contributed by atoms with Crippen molar-refractivity contribution in [1.82, 2.24) is 4.31 Å². The number of rotatable bonds is 6. The molecule has 1 aliphatic carbocycles. The van der Waals surface area contributed by atoms with Crippen molar-refractivity contribution in [3.63, 3.8) is 0 Å². The van der Waals surface area contributed by atoms with E-state index in [4.69, 9.17) is 9.47 Å². The largest absolute Gasteiger partial charge is 0.452 e. The van der Waals surface area contributed by atoms with Gasteiger partial charge in [0.15, 0.2) is 6.10 Å². The molecule has 1 N–H and O–H groups in total. The first-order valence-corrected chi connectivity index (χ1v) is 10.9. The lowest BCUT2D eigenvalue weighted by Crippen LogP contribution is -2.40. The number of aryl methyl sites for hydroxylation is 1. The molecule has 9 heteroatoms. The monoisotopic (exact) mass is 410 g/mol. The van der Waals surface area contributed by atoms with Crippen molar-refractivity contribution < 1.29 is 27.5 Å². The molecule has 2 aliphatic rings. The lowest BCUT2D eigenvalue weighted by atomic mass is 9.86. The summed E-state index contributed by atoms with van der Waals surface area (Å²) < 4.78 is 37.7. The van der Waals surface area contributed by atoms with Crippen LogP contribution in [0.3, 0.4) is 0 Å². The molecule has 2 fully saturated rings. The van der Waals surface area contributed by atoms with Gasteiger partial charge in [-0.15, -0.1) is 0 Å². The number of esters is 1. The summed E-state index contributed by atoms with van der Waals surface area (Å²) in [5.74, 6) is -0.959. The van der Waals surface area contributed by atoms with Crippen molar-refractivity contribution in [2.24, 2.45) is 5.92 Å². The number of nitrogens with zero attached hydrogens (tertiary/aromatic N) is 1. The van der Waals surface area contributed by atoms with E-state index in [-0.39, 0.29) is 16.8 Å². The zero-order valence-corrected chi connectivity index (χ0v) is 17.0. The SMILES string of the molecule is Cc1ccc(NC(=O)[C@@H](C)OC(=O)C2CCC2)cc1S(=O)(=O)N1CCOCC1. The molecule has 28 heavy (non-hydrogen) atoms. The minimum absolute atomic E-state index is 0.111. The highest BCUT2D eigenvalue weighted by molar-refractivity contribution is 7.89. The Morgan fingerprint density at radius 3 is 2.54 bits per heavy atom. The van der Waals surface area contributed by atoms with E-state index in [9.17, 15) is 18.0 Å². The van der Waals surface area contributed by atoms with E-state index in [0.29, 0.717) is 37.6 Å². The van der Waals surface area contributed by atoms with Crippen LogP contribution in [0.1, 0.15) is 31.7 Å². The molecule has 0 bridgehead atoms. The minimum Gasteiger partial charge on any atom is -0.452 e. The fourth-order valence-electron chi connectivity index (χ4n) is 3.09. The molecule has 0 radical (unpaired) electrons. The molecule has 1 amide bonds. The van der Waals surface area contributed by atoms with Crippen LogP contribution in [-0.4, -0.2) is 57.0 Å². The first kappa shape index (κ1) is 20.8. The average molecular weight is 410 g/mol. The second-order valence-corrected chi connectivity index (χ2v) is 9.10. The summed E-state index contributed by atoms with van der Waals surface area (Å²) in [5, 5.41) is 2.64. The fraction of sp³-hybridized carbons (Fsp3) is 0.579. The highest BCUT2D eigenvalue weighted by Crippen LogP contribution is 2.28. The molecule has 1 aliphatic heterocycles. The molecular weight excluding hydrogens is 384 g/mol. The number of hydrogen-bond acceptors (Lipinski definition) is 6. The summed E-state index contributed by atoms with van der Waals surface area (Å²) in [4.78, 5) is 24.4. The first-order chi connectivity index (χ1) is 13.3. The Labute approximate surface area is 165 Å². The topological polar surface area (TPSA) is 102 Å². The van der Waals surface area contributed by atoms with Crippen LogP contribution in [0.5, 0.6) is 0 Å². The number of carbonyl (C=O) groups excluding carboxylic acids is 2. The Morgan fingerprint density at radius 2 is 1.93 bits per heavy atom.